The Kier molecular flexibility index (Phi) is 5.59. The maximum Gasteiger partial charge on any atom is 0.269 e. The fourth-order valence-electron chi connectivity index (χ4n) is 3.45. The normalized spacial score (nSPS) is 10.8. The highest BCUT2D eigenvalue weighted by molar-refractivity contribution is 6.06. The molecule has 2 N–H and O–H groups in total. The van der Waals surface area contributed by atoms with E-state index in [2.05, 4.69) is 25.6 Å². The first kappa shape index (κ1) is 21.0. The minimum Gasteiger partial charge on any atom is -0.354 e. The highest BCUT2D eigenvalue weighted by atomic mass is 16.2. The van der Waals surface area contributed by atoms with Gasteiger partial charge in [-0.1, -0.05) is 0 Å². The Morgan fingerprint density at radius 3 is 2.44 bits per heavy atom. The van der Waals surface area contributed by atoms with Crippen molar-refractivity contribution >= 4 is 28.5 Å². The second kappa shape index (κ2) is 8.50. The van der Waals surface area contributed by atoms with Gasteiger partial charge in [-0.15, -0.1) is 0 Å². The number of hydrogen-bond donors (Lipinski definition) is 2. The summed E-state index contributed by atoms with van der Waals surface area (Å²) in [5.74, 6) is -0.0832. The summed E-state index contributed by atoms with van der Waals surface area (Å²) >= 11 is 0. The number of amides is 2. The monoisotopic (exact) mass is 426 g/mol. The molecule has 1 aromatic carbocycles. The zero-order valence-electron chi connectivity index (χ0n) is 18.2. The van der Waals surface area contributed by atoms with Crippen LogP contribution in [0.25, 0.3) is 22.4 Å². The van der Waals surface area contributed by atoms with Crippen molar-refractivity contribution in [1.29, 1.82) is 0 Å². The van der Waals surface area contributed by atoms with Gasteiger partial charge in [0.25, 0.3) is 11.8 Å². The van der Waals surface area contributed by atoms with Gasteiger partial charge < -0.3 is 10.6 Å². The summed E-state index contributed by atoms with van der Waals surface area (Å²) in [7, 11) is 1.51. The Labute approximate surface area is 185 Å². The topological polar surface area (TPSA) is 110 Å². The second-order valence-electron chi connectivity index (χ2n) is 7.50. The van der Waals surface area contributed by atoms with Crippen LogP contribution in [0.2, 0.25) is 0 Å². The van der Waals surface area contributed by atoms with Crippen molar-refractivity contribution in [2.24, 2.45) is 0 Å². The number of nitrogens with zero attached hydrogens (tertiary/aromatic N) is 4. The van der Waals surface area contributed by atoms with Crippen LogP contribution < -0.4 is 10.6 Å². The van der Waals surface area contributed by atoms with E-state index in [0.29, 0.717) is 17.1 Å². The van der Waals surface area contributed by atoms with E-state index in [0.717, 1.165) is 33.4 Å². The SMILES string of the molecule is CNC(=O)c1cc(C(=O)Nc2ccc(-c3ncc4nc(C)cc(C)c4n3)cc2C)ccn1. The predicted octanol–water partition coefficient (Wildman–Crippen LogP) is 3.62. The van der Waals surface area contributed by atoms with Gasteiger partial charge in [0.05, 0.1) is 11.7 Å². The number of carbonyl (C=O) groups is 2. The van der Waals surface area contributed by atoms with Gasteiger partial charge >= 0.3 is 0 Å². The highest BCUT2D eigenvalue weighted by Gasteiger charge is 2.13. The van der Waals surface area contributed by atoms with Crippen molar-refractivity contribution in [2.45, 2.75) is 20.8 Å². The van der Waals surface area contributed by atoms with Crippen LogP contribution in [0.1, 0.15) is 37.7 Å². The van der Waals surface area contributed by atoms with Gasteiger partial charge in [-0.05, 0) is 68.3 Å². The molecule has 4 rings (SSSR count). The van der Waals surface area contributed by atoms with E-state index in [9.17, 15) is 9.59 Å². The molecule has 3 aromatic heterocycles. The molecular formula is C24H22N6O2. The summed E-state index contributed by atoms with van der Waals surface area (Å²) in [6.07, 6.45) is 3.17. The number of aromatic nitrogens is 4. The third-order valence-corrected chi connectivity index (χ3v) is 5.08. The number of hydrogen-bond acceptors (Lipinski definition) is 6. The Bertz CT molecular complexity index is 1370. The average Bonchev–Trinajstić information content (AvgIpc) is 2.79. The van der Waals surface area contributed by atoms with Crippen LogP contribution in [-0.2, 0) is 0 Å². The van der Waals surface area contributed by atoms with Crippen molar-refractivity contribution in [2.75, 3.05) is 12.4 Å². The van der Waals surface area contributed by atoms with Gasteiger partial charge in [0.2, 0.25) is 0 Å². The van der Waals surface area contributed by atoms with Gasteiger partial charge in [0.15, 0.2) is 5.82 Å². The maximum atomic E-state index is 12.7. The summed E-state index contributed by atoms with van der Waals surface area (Å²) in [6.45, 7) is 5.85. The van der Waals surface area contributed by atoms with E-state index >= 15 is 0 Å². The average molecular weight is 426 g/mol. The molecule has 0 saturated heterocycles. The number of aryl methyl sites for hydroxylation is 3. The zero-order chi connectivity index (χ0) is 22.8. The molecule has 0 spiro atoms. The Morgan fingerprint density at radius 1 is 0.875 bits per heavy atom. The minimum absolute atomic E-state index is 0.181. The molecule has 0 aliphatic heterocycles. The third kappa shape index (κ3) is 4.15. The lowest BCUT2D eigenvalue weighted by Crippen LogP contribution is -2.20. The van der Waals surface area contributed by atoms with Gasteiger partial charge in [-0.25, -0.2) is 15.0 Å². The number of anilines is 1. The van der Waals surface area contributed by atoms with Crippen molar-refractivity contribution in [3.8, 4) is 11.4 Å². The van der Waals surface area contributed by atoms with E-state index < -0.39 is 0 Å². The zero-order valence-corrected chi connectivity index (χ0v) is 18.2. The number of carbonyl (C=O) groups excluding carboxylic acids is 2. The molecule has 0 saturated carbocycles. The van der Waals surface area contributed by atoms with Crippen molar-refractivity contribution in [1.82, 2.24) is 25.3 Å². The molecule has 0 radical (unpaired) electrons. The van der Waals surface area contributed by atoms with Crippen LogP contribution in [0, 0.1) is 20.8 Å². The van der Waals surface area contributed by atoms with Gasteiger partial charge in [-0.3, -0.25) is 14.6 Å². The standard InChI is InChI=1S/C24H22N6O2/c1-13-10-16(22-27-12-20-21(30-22)14(2)9-15(3)28-20)5-6-18(13)29-23(31)17-7-8-26-19(11-17)24(32)25-4/h5-12H,1-4H3,(H,25,32)(H,29,31). The molecule has 0 aliphatic rings. The van der Waals surface area contributed by atoms with Crippen molar-refractivity contribution < 1.29 is 9.59 Å². The lowest BCUT2D eigenvalue weighted by atomic mass is 10.1. The number of nitrogens with one attached hydrogen (secondary N) is 2. The Hall–Kier alpha value is -4.20. The van der Waals surface area contributed by atoms with Crippen molar-refractivity contribution in [3.05, 3.63) is 76.9 Å². The van der Waals surface area contributed by atoms with Gasteiger partial charge in [0, 0.05) is 35.8 Å². The second-order valence-corrected chi connectivity index (χ2v) is 7.50. The smallest absolute Gasteiger partial charge is 0.269 e. The summed E-state index contributed by atoms with van der Waals surface area (Å²) in [5, 5.41) is 5.38. The molecule has 3 heterocycles. The van der Waals surface area contributed by atoms with E-state index in [-0.39, 0.29) is 17.5 Å². The molecule has 0 atom stereocenters. The number of rotatable bonds is 4. The third-order valence-electron chi connectivity index (χ3n) is 5.08. The van der Waals surface area contributed by atoms with Crippen LogP contribution in [-0.4, -0.2) is 38.8 Å². The molecule has 0 fully saturated rings. The highest BCUT2D eigenvalue weighted by Crippen LogP contribution is 2.25. The predicted molar refractivity (Wildman–Crippen MR) is 123 cm³/mol. The first-order valence-corrected chi connectivity index (χ1v) is 10.1. The number of pyridine rings is 2. The largest absolute Gasteiger partial charge is 0.354 e. The Morgan fingerprint density at radius 2 is 1.69 bits per heavy atom. The molecule has 160 valence electrons. The minimum atomic E-state index is -0.351. The Balaban J connectivity index is 1.59. The fraction of sp³-hybridized carbons (Fsp3) is 0.167. The van der Waals surface area contributed by atoms with Crippen LogP contribution >= 0.6 is 0 Å². The van der Waals surface area contributed by atoms with E-state index in [1.165, 1.54) is 19.3 Å². The summed E-state index contributed by atoms with van der Waals surface area (Å²) in [5.41, 5.74) is 6.45. The van der Waals surface area contributed by atoms with E-state index in [4.69, 9.17) is 4.98 Å². The molecule has 32 heavy (non-hydrogen) atoms. The summed E-state index contributed by atoms with van der Waals surface area (Å²) < 4.78 is 0. The van der Waals surface area contributed by atoms with Crippen molar-refractivity contribution in [3.63, 3.8) is 0 Å². The fourth-order valence-corrected chi connectivity index (χ4v) is 3.45. The lowest BCUT2D eigenvalue weighted by molar-refractivity contribution is 0.0958. The molecule has 0 unspecified atom stereocenters. The molecular weight excluding hydrogens is 404 g/mol. The molecule has 2 amide bonds. The van der Waals surface area contributed by atoms with Crippen LogP contribution in [0.5, 0.6) is 0 Å². The number of benzene rings is 1. The van der Waals surface area contributed by atoms with Crippen LogP contribution in [0.4, 0.5) is 5.69 Å². The maximum absolute atomic E-state index is 12.7. The van der Waals surface area contributed by atoms with E-state index in [1.54, 1.807) is 12.3 Å². The van der Waals surface area contributed by atoms with Gasteiger partial charge in [-0.2, -0.15) is 0 Å². The first-order chi connectivity index (χ1) is 15.4. The lowest BCUT2D eigenvalue weighted by Gasteiger charge is -2.11. The van der Waals surface area contributed by atoms with Gasteiger partial charge in [0.1, 0.15) is 11.2 Å². The molecule has 4 aromatic rings. The first-order valence-electron chi connectivity index (χ1n) is 10.1. The summed E-state index contributed by atoms with van der Waals surface area (Å²) in [6, 6.07) is 10.6. The molecule has 0 aliphatic carbocycles. The van der Waals surface area contributed by atoms with Crippen LogP contribution in [0.15, 0.2) is 48.8 Å². The molecule has 8 heteroatoms. The van der Waals surface area contributed by atoms with E-state index in [1.807, 2.05) is 45.0 Å². The van der Waals surface area contributed by atoms with Crippen LogP contribution in [0.3, 0.4) is 0 Å². The number of fused-ring (bicyclic) bond motifs is 1. The molecule has 0 bridgehead atoms. The molecule has 8 nitrogen and oxygen atoms in total. The quantitative estimate of drug-likeness (QED) is 0.516. The summed E-state index contributed by atoms with van der Waals surface area (Å²) in [4.78, 5) is 42.1.